The van der Waals surface area contributed by atoms with Crippen LogP contribution in [-0.2, 0) is 11.3 Å². The summed E-state index contributed by atoms with van der Waals surface area (Å²) in [5, 5.41) is 7.89. The molecule has 1 fully saturated rings. The van der Waals surface area contributed by atoms with E-state index in [1.807, 2.05) is 33.0 Å². The van der Waals surface area contributed by atoms with Gasteiger partial charge >= 0.3 is 6.09 Å². The first-order valence-electron chi connectivity index (χ1n) is 6.90. The molecular formula is C13H20N6O2. The van der Waals surface area contributed by atoms with Crippen molar-refractivity contribution in [2.45, 2.75) is 51.4 Å². The Morgan fingerprint density at radius 1 is 1.57 bits per heavy atom. The first kappa shape index (κ1) is 15.2. The molecule has 2 atom stereocenters. The van der Waals surface area contributed by atoms with E-state index in [1.165, 1.54) is 0 Å². The molecule has 114 valence electrons. The predicted octanol–water partition coefficient (Wildman–Crippen LogP) is 2.57. The van der Waals surface area contributed by atoms with E-state index in [4.69, 9.17) is 10.3 Å². The Kier molecular flexibility index (Phi) is 4.37. The standard InChI is InChI=1S/C13H20N6O2/c1-13(2,3)21-12(20)19-8-10(16-17-14)7-11(19)9-18-6-4-5-15-18/h4-6,10-11H,7-9H2,1-3H3/t10?,11-/m1/s1. The van der Waals surface area contributed by atoms with Gasteiger partial charge in [-0.2, -0.15) is 5.10 Å². The molecule has 0 aliphatic carbocycles. The molecule has 1 amide bonds. The number of nitrogens with zero attached hydrogens (tertiary/aromatic N) is 6. The Bertz CT molecular complexity index is 529. The number of hydrogen-bond acceptors (Lipinski definition) is 4. The van der Waals surface area contributed by atoms with E-state index < -0.39 is 5.60 Å². The van der Waals surface area contributed by atoms with Gasteiger partial charge in [-0.15, -0.1) is 0 Å². The molecule has 1 unspecified atom stereocenters. The summed E-state index contributed by atoms with van der Waals surface area (Å²) in [5.74, 6) is 0. The number of amides is 1. The molecule has 8 heteroatoms. The molecule has 1 aliphatic heterocycles. The quantitative estimate of drug-likeness (QED) is 0.486. The summed E-state index contributed by atoms with van der Waals surface area (Å²) in [5.41, 5.74) is 8.04. The Labute approximate surface area is 123 Å². The maximum Gasteiger partial charge on any atom is 0.410 e. The maximum absolute atomic E-state index is 12.3. The van der Waals surface area contributed by atoms with Gasteiger partial charge in [0.25, 0.3) is 0 Å². The minimum atomic E-state index is -0.552. The average Bonchev–Trinajstić information content (AvgIpc) is 2.98. The summed E-state index contributed by atoms with van der Waals surface area (Å²) in [6, 6.07) is 1.52. The number of hydrogen-bond donors (Lipinski definition) is 0. The average molecular weight is 292 g/mol. The second-order valence-electron chi connectivity index (χ2n) is 6.11. The number of ether oxygens (including phenoxy) is 1. The lowest BCUT2D eigenvalue weighted by Crippen LogP contribution is -2.41. The summed E-state index contributed by atoms with van der Waals surface area (Å²) in [4.78, 5) is 16.8. The van der Waals surface area contributed by atoms with E-state index in [1.54, 1.807) is 15.8 Å². The van der Waals surface area contributed by atoms with Crippen LogP contribution in [0, 0.1) is 0 Å². The van der Waals surface area contributed by atoms with E-state index in [0.29, 0.717) is 19.5 Å². The molecule has 0 spiro atoms. The summed E-state index contributed by atoms with van der Waals surface area (Å²) in [7, 11) is 0. The molecule has 1 aromatic rings. The third kappa shape index (κ3) is 4.13. The highest BCUT2D eigenvalue weighted by atomic mass is 16.6. The molecule has 1 saturated heterocycles. The molecular weight excluding hydrogens is 272 g/mol. The third-order valence-electron chi connectivity index (χ3n) is 3.19. The van der Waals surface area contributed by atoms with Crippen LogP contribution in [0.25, 0.3) is 10.4 Å². The van der Waals surface area contributed by atoms with E-state index >= 15 is 0 Å². The number of azide groups is 1. The van der Waals surface area contributed by atoms with Crippen molar-refractivity contribution in [1.82, 2.24) is 14.7 Å². The molecule has 8 nitrogen and oxygen atoms in total. The Morgan fingerprint density at radius 2 is 2.33 bits per heavy atom. The van der Waals surface area contributed by atoms with Gasteiger partial charge in [0, 0.05) is 23.9 Å². The van der Waals surface area contributed by atoms with Crippen molar-refractivity contribution < 1.29 is 9.53 Å². The lowest BCUT2D eigenvalue weighted by molar-refractivity contribution is 0.0210. The molecule has 21 heavy (non-hydrogen) atoms. The van der Waals surface area contributed by atoms with Crippen molar-refractivity contribution in [2.75, 3.05) is 6.54 Å². The molecule has 0 aromatic carbocycles. The lowest BCUT2D eigenvalue weighted by Gasteiger charge is -2.28. The van der Waals surface area contributed by atoms with Crippen LogP contribution in [0.3, 0.4) is 0 Å². The van der Waals surface area contributed by atoms with Crippen molar-refractivity contribution in [2.24, 2.45) is 5.11 Å². The first-order chi connectivity index (χ1) is 9.89. The van der Waals surface area contributed by atoms with Gasteiger partial charge in [-0.3, -0.25) is 4.68 Å². The fraction of sp³-hybridized carbons (Fsp3) is 0.692. The van der Waals surface area contributed by atoms with E-state index in [-0.39, 0.29) is 18.2 Å². The second kappa shape index (κ2) is 6.05. The summed E-state index contributed by atoms with van der Waals surface area (Å²) in [6.45, 7) is 6.42. The fourth-order valence-electron chi connectivity index (χ4n) is 2.39. The Hall–Kier alpha value is -2.21. The third-order valence-corrected chi connectivity index (χ3v) is 3.19. The lowest BCUT2D eigenvalue weighted by atomic mass is 10.2. The summed E-state index contributed by atoms with van der Waals surface area (Å²) < 4.78 is 7.18. The molecule has 0 N–H and O–H groups in total. The Balaban J connectivity index is 2.10. The van der Waals surface area contributed by atoms with Crippen molar-refractivity contribution >= 4 is 6.09 Å². The predicted molar refractivity (Wildman–Crippen MR) is 76.5 cm³/mol. The van der Waals surface area contributed by atoms with Crippen LogP contribution in [0.5, 0.6) is 0 Å². The molecule has 0 bridgehead atoms. The summed E-state index contributed by atoms with van der Waals surface area (Å²) >= 11 is 0. The van der Waals surface area contributed by atoms with E-state index in [2.05, 4.69) is 15.1 Å². The Morgan fingerprint density at radius 3 is 2.90 bits per heavy atom. The zero-order chi connectivity index (χ0) is 15.5. The van der Waals surface area contributed by atoms with Crippen LogP contribution in [0.2, 0.25) is 0 Å². The van der Waals surface area contributed by atoms with Crippen molar-refractivity contribution in [3.63, 3.8) is 0 Å². The van der Waals surface area contributed by atoms with Crippen LogP contribution in [-0.4, -0.2) is 45.0 Å². The van der Waals surface area contributed by atoms with Crippen LogP contribution < -0.4 is 0 Å². The number of aromatic nitrogens is 2. The van der Waals surface area contributed by atoms with Crippen LogP contribution in [0.1, 0.15) is 27.2 Å². The fourth-order valence-corrected chi connectivity index (χ4v) is 2.39. The maximum atomic E-state index is 12.3. The molecule has 0 saturated carbocycles. The topological polar surface area (TPSA) is 96.1 Å². The zero-order valence-electron chi connectivity index (χ0n) is 12.5. The van der Waals surface area contributed by atoms with Gasteiger partial charge in [-0.25, -0.2) is 4.79 Å². The highest BCUT2D eigenvalue weighted by Crippen LogP contribution is 2.24. The second-order valence-corrected chi connectivity index (χ2v) is 6.11. The largest absolute Gasteiger partial charge is 0.444 e. The van der Waals surface area contributed by atoms with E-state index in [0.717, 1.165) is 0 Å². The normalized spacial score (nSPS) is 22.0. The van der Waals surface area contributed by atoms with Crippen LogP contribution in [0.4, 0.5) is 4.79 Å². The minimum Gasteiger partial charge on any atom is -0.444 e. The molecule has 2 rings (SSSR count). The van der Waals surface area contributed by atoms with Gasteiger partial charge in [0.2, 0.25) is 0 Å². The number of likely N-dealkylation sites (tertiary alicyclic amines) is 1. The SMILES string of the molecule is CC(C)(C)OC(=O)N1CC(N=[N+]=[N-])C[C@@H]1Cn1cccn1. The van der Waals surface area contributed by atoms with E-state index in [9.17, 15) is 4.79 Å². The van der Waals surface area contributed by atoms with Crippen LogP contribution in [0.15, 0.2) is 23.6 Å². The zero-order valence-corrected chi connectivity index (χ0v) is 12.5. The minimum absolute atomic E-state index is 0.0877. The first-order valence-corrected chi connectivity index (χ1v) is 6.90. The number of carbonyl (C=O) groups excluding carboxylic acids is 1. The molecule has 0 radical (unpaired) electrons. The van der Waals surface area contributed by atoms with Crippen molar-refractivity contribution in [3.05, 3.63) is 28.9 Å². The van der Waals surface area contributed by atoms with Gasteiger partial charge in [0.1, 0.15) is 5.60 Å². The highest BCUT2D eigenvalue weighted by molar-refractivity contribution is 5.69. The van der Waals surface area contributed by atoms with Gasteiger partial charge < -0.3 is 9.64 Å². The van der Waals surface area contributed by atoms with Crippen molar-refractivity contribution in [3.8, 4) is 0 Å². The van der Waals surface area contributed by atoms with Gasteiger partial charge in [0.05, 0.1) is 18.6 Å². The van der Waals surface area contributed by atoms with Gasteiger partial charge in [-0.05, 0) is 38.8 Å². The van der Waals surface area contributed by atoms with Gasteiger partial charge in [-0.1, -0.05) is 5.11 Å². The molecule has 1 aliphatic rings. The number of carbonyl (C=O) groups is 1. The molecule has 1 aromatic heterocycles. The van der Waals surface area contributed by atoms with Crippen LogP contribution >= 0.6 is 0 Å². The smallest absolute Gasteiger partial charge is 0.410 e. The monoisotopic (exact) mass is 292 g/mol. The summed E-state index contributed by atoms with van der Waals surface area (Å²) in [6.07, 6.45) is 3.77. The van der Waals surface area contributed by atoms with Crippen molar-refractivity contribution in [1.29, 1.82) is 0 Å². The molecule has 2 heterocycles. The highest BCUT2D eigenvalue weighted by Gasteiger charge is 2.37. The number of rotatable bonds is 3. The van der Waals surface area contributed by atoms with Gasteiger partial charge in [0.15, 0.2) is 0 Å².